The smallest absolute Gasteiger partial charge is 0.162 e. The number of aryl methyl sites for hydroxylation is 2. The molecule has 3 aromatic rings. The first-order valence-corrected chi connectivity index (χ1v) is 12.2. The molecule has 0 amide bonds. The first-order chi connectivity index (χ1) is 17.4. The molecular weight excluding hydrogens is 462 g/mol. The first-order valence-electron chi connectivity index (χ1n) is 12.2. The monoisotopic (exact) mass is 497 g/mol. The Bertz CT molecular complexity index is 1150. The molecule has 36 heavy (non-hydrogen) atoms. The van der Waals surface area contributed by atoms with Gasteiger partial charge in [0.2, 0.25) is 0 Å². The molecule has 0 radical (unpaired) electrons. The molecule has 1 aromatic carbocycles. The van der Waals surface area contributed by atoms with Crippen LogP contribution in [-0.4, -0.2) is 79.0 Å². The van der Waals surface area contributed by atoms with Crippen molar-refractivity contribution >= 4 is 5.82 Å². The van der Waals surface area contributed by atoms with Crippen molar-refractivity contribution in [3.05, 3.63) is 41.3 Å². The molecule has 194 valence electrons. The molecule has 1 aliphatic heterocycles. The van der Waals surface area contributed by atoms with E-state index in [0.29, 0.717) is 37.1 Å². The van der Waals surface area contributed by atoms with E-state index in [1.165, 1.54) is 0 Å². The van der Waals surface area contributed by atoms with Crippen molar-refractivity contribution in [3.63, 3.8) is 0 Å². The minimum atomic E-state index is -0.607. The number of aliphatic hydroxyl groups excluding tert-OH is 1. The molecule has 3 N–H and O–H groups in total. The number of nitrogens with one attached hydrogen (secondary N) is 2. The summed E-state index contributed by atoms with van der Waals surface area (Å²) in [5.74, 6) is 2.59. The summed E-state index contributed by atoms with van der Waals surface area (Å²) in [5, 5.41) is 20.7. The molecule has 4 rings (SSSR count). The fraction of sp³-hybridized carbons (Fsp3) is 0.500. The second-order valence-electron chi connectivity index (χ2n) is 9.01. The fourth-order valence-corrected chi connectivity index (χ4v) is 4.35. The third-order valence-electron chi connectivity index (χ3n) is 6.32. The molecule has 0 spiro atoms. The van der Waals surface area contributed by atoms with E-state index in [9.17, 15) is 5.11 Å². The van der Waals surface area contributed by atoms with Gasteiger partial charge >= 0.3 is 0 Å². The van der Waals surface area contributed by atoms with Gasteiger partial charge in [0.05, 0.1) is 29.6 Å². The number of aliphatic hydroxyl groups is 1. The summed E-state index contributed by atoms with van der Waals surface area (Å²) in [5.41, 5.74) is 4.08. The van der Waals surface area contributed by atoms with Gasteiger partial charge in [0.25, 0.3) is 0 Å². The van der Waals surface area contributed by atoms with Crippen molar-refractivity contribution in [3.8, 4) is 28.4 Å². The van der Waals surface area contributed by atoms with Crippen LogP contribution in [0.5, 0.6) is 5.75 Å². The highest BCUT2D eigenvalue weighted by molar-refractivity contribution is 5.74. The van der Waals surface area contributed by atoms with Gasteiger partial charge in [-0.1, -0.05) is 17.3 Å². The van der Waals surface area contributed by atoms with Crippen LogP contribution in [0.1, 0.15) is 23.4 Å². The molecule has 0 aliphatic carbocycles. The maximum atomic E-state index is 10.0. The van der Waals surface area contributed by atoms with E-state index in [2.05, 4.69) is 15.8 Å². The molecule has 10 nitrogen and oxygen atoms in total. The molecule has 1 fully saturated rings. The number of hydrogen-bond donors (Lipinski definition) is 3. The van der Waals surface area contributed by atoms with Crippen molar-refractivity contribution in [1.82, 2.24) is 20.4 Å². The number of rotatable bonds is 10. The van der Waals surface area contributed by atoms with Crippen molar-refractivity contribution in [2.75, 3.05) is 45.8 Å². The van der Waals surface area contributed by atoms with E-state index in [1.807, 2.05) is 45.0 Å². The highest BCUT2D eigenvalue weighted by atomic mass is 16.5. The standard InChI is InChI=1S/C26H35N5O5/c1-15-24(23-16(2)31-36-17(23)3)29-26(30-25(15)28-21-9-10-34-14-22(21)33-5)18-7-6-8-20(11-18)35-13-19(32)12-27-4/h6-8,11,19,21-22,27,32H,9-10,12-14H2,1-5H3,(H,28,29,30)/t19?,21-,22+/m1/s1. The number of aromatic nitrogens is 3. The van der Waals surface area contributed by atoms with Crippen molar-refractivity contribution in [1.29, 1.82) is 0 Å². The second-order valence-corrected chi connectivity index (χ2v) is 9.01. The van der Waals surface area contributed by atoms with Gasteiger partial charge in [-0.25, -0.2) is 9.97 Å². The van der Waals surface area contributed by atoms with Gasteiger partial charge in [0.1, 0.15) is 36.1 Å². The van der Waals surface area contributed by atoms with Gasteiger partial charge in [0.15, 0.2) is 5.82 Å². The van der Waals surface area contributed by atoms with Gasteiger partial charge in [-0.15, -0.1) is 0 Å². The minimum Gasteiger partial charge on any atom is -0.491 e. The quantitative estimate of drug-likeness (QED) is 0.385. The summed E-state index contributed by atoms with van der Waals surface area (Å²) >= 11 is 0. The number of benzene rings is 1. The Morgan fingerprint density at radius 1 is 1.22 bits per heavy atom. The van der Waals surface area contributed by atoms with Crippen molar-refractivity contribution in [2.24, 2.45) is 0 Å². The van der Waals surface area contributed by atoms with Crippen LogP contribution in [0.15, 0.2) is 28.8 Å². The molecule has 3 atom stereocenters. The maximum absolute atomic E-state index is 10.0. The fourth-order valence-electron chi connectivity index (χ4n) is 4.35. The van der Waals surface area contributed by atoms with Crippen molar-refractivity contribution in [2.45, 2.75) is 45.4 Å². The molecule has 1 unspecified atom stereocenters. The molecule has 0 bridgehead atoms. The van der Waals surface area contributed by atoms with Crippen LogP contribution in [0.3, 0.4) is 0 Å². The molecule has 1 aliphatic rings. The predicted molar refractivity (Wildman–Crippen MR) is 136 cm³/mol. The minimum absolute atomic E-state index is 0.0473. The van der Waals surface area contributed by atoms with Gasteiger partial charge in [-0.2, -0.15) is 0 Å². The van der Waals surface area contributed by atoms with E-state index in [4.69, 9.17) is 28.7 Å². The summed E-state index contributed by atoms with van der Waals surface area (Å²) in [6, 6.07) is 7.61. The number of methoxy groups -OCH3 is 1. The van der Waals surface area contributed by atoms with E-state index in [-0.39, 0.29) is 18.8 Å². The Morgan fingerprint density at radius 2 is 2.06 bits per heavy atom. The summed E-state index contributed by atoms with van der Waals surface area (Å²) < 4.78 is 22.5. The van der Waals surface area contributed by atoms with Crippen LogP contribution in [0.2, 0.25) is 0 Å². The van der Waals surface area contributed by atoms with E-state index in [0.717, 1.165) is 40.3 Å². The average molecular weight is 498 g/mol. The molecule has 3 heterocycles. The van der Waals surface area contributed by atoms with Gasteiger partial charge in [-0.05, 0) is 46.4 Å². The molecule has 2 aromatic heterocycles. The normalized spacial score (nSPS) is 18.7. The summed E-state index contributed by atoms with van der Waals surface area (Å²) in [4.78, 5) is 9.86. The zero-order valence-electron chi connectivity index (χ0n) is 21.5. The third kappa shape index (κ3) is 5.84. The Kier molecular flexibility index (Phi) is 8.52. The molecular formula is C26H35N5O5. The Balaban J connectivity index is 1.73. The third-order valence-corrected chi connectivity index (χ3v) is 6.32. The number of ether oxygens (including phenoxy) is 3. The second kappa shape index (κ2) is 11.8. The molecule has 0 saturated carbocycles. The van der Waals surface area contributed by atoms with Gasteiger partial charge < -0.3 is 34.5 Å². The number of hydrogen-bond acceptors (Lipinski definition) is 10. The van der Waals surface area contributed by atoms with Crippen LogP contribution < -0.4 is 15.4 Å². The summed E-state index contributed by atoms with van der Waals surface area (Å²) in [6.45, 7) is 7.60. The Labute approximate surface area is 211 Å². The maximum Gasteiger partial charge on any atom is 0.162 e. The number of likely N-dealkylation sites (N-methyl/N-ethyl adjacent to an activating group) is 1. The van der Waals surface area contributed by atoms with E-state index < -0.39 is 6.10 Å². The lowest BCUT2D eigenvalue weighted by molar-refractivity contribution is -0.0367. The molecule has 10 heteroatoms. The highest BCUT2D eigenvalue weighted by Gasteiger charge is 2.28. The van der Waals surface area contributed by atoms with Gasteiger partial charge in [-0.3, -0.25) is 0 Å². The molecule has 1 saturated heterocycles. The lowest BCUT2D eigenvalue weighted by Gasteiger charge is -2.32. The lowest BCUT2D eigenvalue weighted by Crippen LogP contribution is -2.43. The summed E-state index contributed by atoms with van der Waals surface area (Å²) in [6.07, 6.45) is 0.111. The summed E-state index contributed by atoms with van der Waals surface area (Å²) in [7, 11) is 3.48. The zero-order valence-corrected chi connectivity index (χ0v) is 21.5. The van der Waals surface area contributed by atoms with E-state index >= 15 is 0 Å². The SMILES string of the molecule is CNCC(O)COc1cccc(-c2nc(N[C@@H]3CCOC[C@@H]3OC)c(C)c(-c3c(C)noc3C)n2)c1. The number of nitrogens with zero attached hydrogens (tertiary/aromatic N) is 3. The van der Waals surface area contributed by atoms with Crippen LogP contribution >= 0.6 is 0 Å². The first kappa shape index (κ1) is 26.0. The Hall–Kier alpha value is -3.05. The Morgan fingerprint density at radius 3 is 2.78 bits per heavy atom. The average Bonchev–Trinajstić information content (AvgIpc) is 3.22. The van der Waals surface area contributed by atoms with Crippen LogP contribution in [-0.2, 0) is 9.47 Å². The predicted octanol–water partition coefficient (Wildman–Crippen LogP) is 2.90. The van der Waals surface area contributed by atoms with Crippen molar-refractivity contribution < 1.29 is 23.8 Å². The number of anilines is 1. The van der Waals surface area contributed by atoms with Gasteiger partial charge in [0, 0.05) is 31.4 Å². The highest BCUT2D eigenvalue weighted by Crippen LogP contribution is 2.34. The zero-order chi connectivity index (χ0) is 25.7. The lowest BCUT2D eigenvalue weighted by atomic mass is 10.0. The largest absolute Gasteiger partial charge is 0.491 e. The van der Waals surface area contributed by atoms with E-state index in [1.54, 1.807) is 14.2 Å². The van der Waals surface area contributed by atoms with Crippen LogP contribution in [0.25, 0.3) is 22.6 Å². The topological polar surface area (TPSA) is 124 Å². The van der Waals surface area contributed by atoms with Crippen LogP contribution in [0, 0.1) is 20.8 Å². The van der Waals surface area contributed by atoms with Crippen LogP contribution in [0.4, 0.5) is 5.82 Å².